The van der Waals surface area contributed by atoms with Crippen molar-refractivity contribution in [1.29, 1.82) is 0 Å². The summed E-state index contributed by atoms with van der Waals surface area (Å²) in [7, 11) is 0. The zero-order chi connectivity index (χ0) is 24.7. The van der Waals surface area contributed by atoms with E-state index in [0.717, 1.165) is 39.4 Å². The number of ether oxygens (including phenoxy) is 1. The molecule has 1 aromatic rings. The molecule has 3 aliphatic heterocycles. The Hall–Kier alpha value is -1.39. The van der Waals surface area contributed by atoms with Gasteiger partial charge in [-0.1, -0.05) is 20.8 Å². The van der Waals surface area contributed by atoms with Crippen LogP contribution in [0.4, 0.5) is 14.5 Å². The number of morpholine rings is 1. The number of nitrogens with zero attached hydrogens (tertiary/aromatic N) is 4. The van der Waals surface area contributed by atoms with Crippen LogP contribution >= 0.6 is 12.4 Å². The Bertz CT molecular complexity index is 903. The van der Waals surface area contributed by atoms with Crippen LogP contribution in [-0.2, 0) is 20.9 Å². The molecule has 1 amide bonds. The van der Waals surface area contributed by atoms with Gasteiger partial charge in [-0.05, 0) is 19.9 Å². The number of hydrogen-bond donors (Lipinski definition) is 1. The number of rotatable bonds is 6. The van der Waals surface area contributed by atoms with Gasteiger partial charge in [0, 0.05) is 74.4 Å². The Balaban J connectivity index is 0.00000342. The number of alkyl halides is 2. The number of aromatic nitrogens is 1. The molecule has 1 N–H and O–H groups in total. The molecule has 0 spiro atoms. The van der Waals surface area contributed by atoms with Crippen LogP contribution in [0.25, 0.3) is 0 Å². The quantitative estimate of drug-likeness (QED) is 0.628. The van der Waals surface area contributed by atoms with Crippen molar-refractivity contribution in [1.82, 2.24) is 20.1 Å². The minimum absolute atomic E-state index is 0. The number of halogens is 3. The van der Waals surface area contributed by atoms with E-state index in [4.69, 9.17) is 4.74 Å². The second-order valence-corrected chi connectivity index (χ2v) is 10.8. The number of amides is 1. The number of carbonyl (C=O) groups excluding carboxylic acids is 1. The molecule has 1 aromatic heterocycles. The van der Waals surface area contributed by atoms with Crippen LogP contribution in [0.15, 0.2) is 12.3 Å². The van der Waals surface area contributed by atoms with Crippen LogP contribution < -0.4 is 10.2 Å². The highest BCUT2D eigenvalue weighted by molar-refractivity contribution is 5.97. The molecule has 0 aliphatic carbocycles. The normalized spacial score (nSPS) is 27.4. The molecular weight excluding hydrogens is 476 g/mol. The summed E-state index contributed by atoms with van der Waals surface area (Å²) in [4.78, 5) is 24.4. The van der Waals surface area contributed by atoms with Gasteiger partial charge >= 0.3 is 0 Å². The van der Waals surface area contributed by atoms with Gasteiger partial charge in [-0.2, -0.15) is 0 Å². The van der Waals surface area contributed by atoms with Crippen molar-refractivity contribution in [2.24, 2.45) is 0 Å². The van der Waals surface area contributed by atoms with Crippen LogP contribution in [-0.4, -0.2) is 91.3 Å². The smallest absolute Gasteiger partial charge is 0.274 e. The molecular formula is C25H40ClF2N5O2. The molecule has 4 heterocycles. The molecule has 2 saturated heterocycles. The van der Waals surface area contributed by atoms with Crippen LogP contribution in [0.3, 0.4) is 0 Å². The second-order valence-electron chi connectivity index (χ2n) is 10.8. The van der Waals surface area contributed by atoms with Crippen molar-refractivity contribution in [3.8, 4) is 0 Å². The zero-order valence-electron chi connectivity index (χ0n) is 21.5. The van der Waals surface area contributed by atoms with Crippen LogP contribution in [0.2, 0.25) is 0 Å². The van der Waals surface area contributed by atoms with Gasteiger partial charge in [-0.3, -0.25) is 19.6 Å². The molecule has 0 aromatic carbocycles. The fourth-order valence-corrected chi connectivity index (χ4v) is 5.33. The molecule has 0 bridgehead atoms. The standard InChI is InChI=1S/C25H39F2N5O2.ClH/c1-6-25(26,27)19-9-21-23(29-10-19)24(4,5)16-32(21)22(33)14-31-12-17(2)28-11-20(31)13-30-7-8-34-15-18(30)3;/h9-10,17-18,20,28H,6-8,11-16H2,1-5H3;1H/t17-,18-,20-;/m1./s1. The maximum atomic E-state index is 14.4. The second kappa shape index (κ2) is 10.9. The summed E-state index contributed by atoms with van der Waals surface area (Å²) in [6.45, 7) is 15.3. The van der Waals surface area contributed by atoms with E-state index in [1.165, 1.54) is 19.2 Å². The van der Waals surface area contributed by atoms with E-state index in [-0.39, 0.29) is 54.3 Å². The number of fused-ring (bicyclic) bond motifs is 1. The first-order valence-electron chi connectivity index (χ1n) is 12.5. The summed E-state index contributed by atoms with van der Waals surface area (Å²) in [5.41, 5.74) is 0.731. The summed E-state index contributed by atoms with van der Waals surface area (Å²) in [6.07, 6.45) is 0.973. The number of carbonyl (C=O) groups is 1. The van der Waals surface area contributed by atoms with Gasteiger partial charge in [0.25, 0.3) is 5.92 Å². The largest absolute Gasteiger partial charge is 0.379 e. The Morgan fingerprint density at radius 3 is 2.74 bits per heavy atom. The van der Waals surface area contributed by atoms with Gasteiger partial charge in [0.15, 0.2) is 0 Å². The molecule has 7 nitrogen and oxygen atoms in total. The fourth-order valence-electron chi connectivity index (χ4n) is 5.33. The first-order chi connectivity index (χ1) is 16.0. The molecule has 3 atom stereocenters. The number of hydrogen-bond acceptors (Lipinski definition) is 6. The number of anilines is 1. The molecule has 0 saturated carbocycles. The van der Waals surface area contributed by atoms with E-state index >= 15 is 0 Å². The lowest BCUT2D eigenvalue weighted by molar-refractivity contribution is -0.121. The molecule has 10 heteroatoms. The third-order valence-corrected chi connectivity index (χ3v) is 7.54. The maximum Gasteiger partial charge on any atom is 0.274 e. The molecule has 0 radical (unpaired) electrons. The van der Waals surface area contributed by atoms with Crippen LogP contribution in [0.5, 0.6) is 0 Å². The Kier molecular flexibility index (Phi) is 8.80. The predicted octanol–water partition coefficient (Wildman–Crippen LogP) is 3.01. The third kappa shape index (κ3) is 5.96. The molecule has 198 valence electrons. The van der Waals surface area contributed by atoms with E-state index < -0.39 is 5.92 Å². The monoisotopic (exact) mass is 515 g/mol. The summed E-state index contributed by atoms with van der Waals surface area (Å²) in [5, 5.41) is 3.55. The van der Waals surface area contributed by atoms with Gasteiger partial charge in [0.2, 0.25) is 5.91 Å². The highest BCUT2D eigenvalue weighted by Gasteiger charge is 2.42. The highest BCUT2D eigenvalue weighted by atomic mass is 35.5. The SMILES string of the molecule is CCC(F)(F)c1cnc2c(c1)N(C(=O)CN1C[C@@H](C)NC[C@@H]1CN1CCOC[C@H]1C)CC2(C)C.Cl. The number of nitrogens with one attached hydrogen (secondary N) is 1. The number of piperazine rings is 1. The Morgan fingerprint density at radius 1 is 1.31 bits per heavy atom. The van der Waals surface area contributed by atoms with Gasteiger partial charge in [0.1, 0.15) is 0 Å². The van der Waals surface area contributed by atoms with E-state index in [1.54, 1.807) is 4.90 Å². The average Bonchev–Trinajstić information content (AvgIpc) is 3.07. The van der Waals surface area contributed by atoms with Crippen molar-refractivity contribution >= 4 is 24.0 Å². The fraction of sp³-hybridized carbons (Fsp3) is 0.760. The summed E-state index contributed by atoms with van der Waals surface area (Å²) in [5.74, 6) is -3.02. The summed E-state index contributed by atoms with van der Waals surface area (Å²) in [6, 6.07) is 2.31. The van der Waals surface area contributed by atoms with Crippen molar-refractivity contribution < 1.29 is 18.3 Å². The van der Waals surface area contributed by atoms with Crippen molar-refractivity contribution in [2.45, 2.75) is 70.5 Å². The topological polar surface area (TPSA) is 60.9 Å². The van der Waals surface area contributed by atoms with Crippen molar-refractivity contribution in [3.05, 3.63) is 23.5 Å². The molecule has 2 fully saturated rings. The van der Waals surface area contributed by atoms with Crippen molar-refractivity contribution in [2.75, 3.05) is 57.4 Å². The summed E-state index contributed by atoms with van der Waals surface area (Å²) >= 11 is 0. The minimum Gasteiger partial charge on any atom is -0.379 e. The molecule has 0 unspecified atom stereocenters. The van der Waals surface area contributed by atoms with Gasteiger partial charge in [-0.25, -0.2) is 8.78 Å². The van der Waals surface area contributed by atoms with E-state index in [1.807, 2.05) is 13.8 Å². The zero-order valence-corrected chi connectivity index (χ0v) is 22.3. The highest BCUT2D eigenvalue weighted by Crippen LogP contribution is 2.42. The third-order valence-electron chi connectivity index (χ3n) is 7.54. The summed E-state index contributed by atoms with van der Waals surface area (Å²) < 4.78 is 34.4. The molecule has 35 heavy (non-hydrogen) atoms. The van der Waals surface area contributed by atoms with Crippen LogP contribution in [0.1, 0.15) is 52.3 Å². The van der Waals surface area contributed by atoms with Gasteiger partial charge in [0.05, 0.1) is 31.1 Å². The first-order valence-corrected chi connectivity index (χ1v) is 12.5. The Labute approximate surface area is 214 Å². The van der Waals surface area contributed by atoms with Gasteiger partial charge in [-0.15, -0.1) is 12.4 Å². The lowest BCUT2D eigenvalue weighted by Crippen LogP contribution is -2.62. The lowest BCUT2D eigenvalue weighted by atomic mass is 9.91. The molecule has 4 rings (SSSR count). The lowest BCUT2D eigenvalue weighted by Gasteiger charge is -2.43. The molecule has 3 aliphatic rings. The average molecular weight is 516 g/mol. The van der Waals surface area contributed by atoms with E-state index in [9.17, 15) is 13.6 Å². The minimum atomic E-state index is -2.96. The first kappa shape index (κ1) is 28.2. The van der Waals surface area contributed by atoms with Gasteiger partial charge < -0.3 is 15.0 Å². The van der Waals surface area contributed by atoms with Crippen molar-refractivity contribution in [3.63, 3.8) is 0 Å². The predicted molar refractivity (Wildman–Crippen MR) is 136 cm³/mol. The van der Waals surface area contributed by atoms with E-state index in [0.29, 0.717) is 24.0 Å². The Morgan fingerprint density at radius 2 is 2.06 bits per heavy atom. The van der Waals surface area contributed by atoms with E-state index in [2.05, 4.69) is 33.9 Å². The number of pyridine rings is 1. The van der Waals surface area contributed by atoms with Crippen LogP contribution in [0, 0.1) is 0 Å². The maximum absolute atomic E-state index is 14.4.